The molecule has 3 aliphatic rings. The fourth-order valence-corrected chi connectivity index (χ4v) is 6.11. The Labute approximate surface area is 205 Å². The van der Waals surface area contributed by atoms with Crippen molar-refractivity contribution in [3.05, 3.63) is 58.5 Å². The number of rotatable bonds is 4. The summed E-state index contributed by atoms with van der Waals surface area (Å²) in [6.45, 7) is 2.35. The second-order valence-corrected chi connectivity index (χ2v) is 10.1. The third-order valence-electron chi connectivity index (χ3n) is 7.64. The van der Waals surface area contributed by atoms with Gasteiger partial charge in [0.05, 0.1) is 0 Å². The maximum Gasteiger partial charge on any atom is 0.242 e. The monoisotopic (exact) mass is 503 g/mol. The summed E-state index contributed by atoms with van der Waals surface area (Å²) in [4.78, 5) is 15.4. The molecule has 1 unspecified atom stereocenters. The fraction of sp³-hybridized carbons (Fsp3) is 0.500. The van der Waals surface area contributed by atoms with E-state index >= 15 is 0 Å². The third kappa shape index (κ3) is 4.11. The molecule has 2 aromatic heterocycles. The first-order valence-corrected chi connectivity index (χ1v) is 12.4. The zero-order valence-electron chi connectivity index (χ0n) is 19.0. The van der Waals surface area contributed by atoms with Gasteiger partial charge >= 0.3 is 0 Å². The maximum atomic E-state index is 14.7. The zero-order valence-corrected chi connectivity index (χ0v) is 19.7. The predicted molar refractivity (Wildman–Crippen MR) is 125 cm³/mol. The predicted octanol–water partition coefficient (Wildman–Crippen LogP) is 4.78. The van der Waals surface area contributed by atoms with Crippen LogP contribution in [0.1, 0.15) is 49.4 Å². The topological polar surface area (TPSA) is 71.8 Å². The minimum atomic E-state index is -1.44. The Morgan fingerprint density at radius 1 is 0.971 bits per heavy atom. The van der Waals surface area contributed by atoms with Gasteiger partial charge in [0, 0.05) is 43.2 Å². The van der Waals surface area contributed by atoms with Crippen LogP contribution in [0.3, 0.4) is 0 Å². The van der Waals surface area contributed by atoms with Gasteiger partial charge in [-0.15, -0.1) is 5.10 Å². The molecule has 1 saturated heterocycles. The molecule has 2 aliphatic heterocycles. The zero-order chi connectivity index (χ0) is 24.1. The highest BCUT2D eigenvalue weighted by atomic mass is 35.5. The molecular formula is C24H25ClF3N7. The van der Waals surface area contributed by atoms with Crippen LogP contribution in [-0.4, -0.2) is 43.9 Å². The van der Waals surface area contributed by atoms with Crippen molar-refractivity contribution in [3.63, 3.8) is 0 Å². The number of aryl methyl sites for hydroxylation is 1. The molecule has 4 atom stereocenters. The lowest BCUT2D eigenvalue weighted by Gasteiger charge is -2.38. The van der Waals surface area contributed by atoms with Crippen molar-refractivity contribution in [2.45, 2.75) is 50.6 Å². The second-order valence-electron chi connectivity index (χ2n) is 9.70. The van der Waals surface area contributed by atoms with Crippen molar-refractivity contribution in [1.82, 2.24) is 24.7 Å². The van der Waals surface area contributed by atoms with Gasteiger partial charge in [-0.25, -0.2) is 27.8 Å². The molecule has 184 valence electrons. The number of halogens is 4. The Kier molecular flexibility index (Phi) is 5.78. The number of piperidine rings is 1. The normalized spacial score (nSPS) is 25.9. The van der Waals surface area contributed by atoms with Crippen molar-refractivity contribution in [3.8, 4) is 0 Å². The first kappa shape index (κ1) is 22.6. The van der Waals surface area contributed by atoms with Gasteiger partial charge in [0.25, 0.3) is 0 Å². The summed E-state index contributed by atoms with van der Waals surface area (Å²) >= 11 is 6.06. The van der Waals surface area contributed by atoms with Gasteiger partial charge in [-0.1, -0.05) is 24.1 Å². The first-order valence-electron chi connectivity index (χ1n) is 12.0. The summed E-state index contributed by atoms with van der Waals surface area (Å²) in [5, 5.41) is 8.67. The average Bonchev–Trinajstić information content (AvgIpc) is 3.25. The van der Waals surface area contributed by atoms with Gasteiger partial charge in [0.1, 0.15) is 23.1 Å². The number of benzene rings is 1. The number of nitrogens with zero attached hydrogens (tertiary/aromatic N) is 6. The summed E-state index contributed by atoms with van der Waals surface area (Å²) in [7, 11) is 0. The second kappa shape index (κ2) is 8.96. The molecule has 1 N–H and O–H groups in total. The van der Waals surface area contributed by atoms with E-state index in [1.165, 1.54) is 12.4 Å². The summed E-state index contributed by atoms with van der Waals surface area (Å²) < 4.78 is 44.0. The number of hydrogen-bond acceptors (Lipinski definition) is 6. The van der Waals surface area contributed by atoms with Gasteiger partial charge in [-0.05, 0) is 43.6 Å². The van der Waals surface area contributed by atoms with Gasteiger partial charge in [-0.2, -0.15) is 4.98 Å². The standard InChI is InChI=1S/C24H25ClF3N7/c25-18-9-19(30-12-29-18)34-10-13-4-5-14(11-34)22(13)31-24-32-23-16(3-1-2-8-35(23)33-24)15-6-7-17(26)21(28)20(15)27/h6-7,9,12-14,16,22H,1-5,8,10-11H2,(H,31,33)/t13-,14+,16?,22+. The minimum absolute atomic E-state index is 0.128. The number of anilines is 2. The fourth-order valence-electron chi connectivity index (χ4n) is 5.97. The van der Waals surface area contributed by atoms with E-state index in [0.29, 0.717) is 41.7 Å². The molecule has 6 rings (SSSR count). The highest BCUT2D eigenvalue weighted by Gasteiger charge is 2.43. The summed E-state index contributed by atoms with van der Waals surface area (Å²) in [5.74, 6) is -1.52. The lowest BCUT2D eigenvalue weighted by atomic mass is 9.92. The highest BCUT2D eigenvalue weighted by molar-refractivity contribution is 6.29. The average molecular weight is 504 g/mol. The molecular weight excluding hydrogens is 479 g/mol. The van der Waals surface area contributed by atoms with Crippen molar-refractivity contribution in [1.29, 1.82) is 0 Å². The SMILES string of the molecule is Fc1ccc(C2CCCCn3nc(N[C@H]4[C@@H]5CC[C@H]4CN(c4cc(Cl)ncn4)C5)nc32)c(F)c1F. The van der Waals surface area contributed by atoms with Gasteiger partial charge < -0.3 is 10.2 Å². The summed E-state index contributed by atoms with van der Waals surface area (Å²) in [6.07, 6.45) is 5.96. The number of hydrogen-bond donors (Lipinski definition) is 1. The van der Waals surface area contributed by atoms with Crippen molar-refractivity contribution in [2.24, 2.45) is 11.8 Å². The molecule has 1 saturated carbocycles. The van der Waals surface area contributed by atoms with E-state index in [9.17, 15) is 13.2 Å². The lowest BCUT2D eigenvalue weighted by molar-refractivity contribution is 0.374. The Balaban J connectivity index is 1.24. The highest BCUT2D eigenvalue weighted by Crippen LogP contribution is 2.40. The van der Waals surface area contributed by atoms with E-state index < -0.39 is 23.4 Å². The molecule has 2 fully saturated rings. The largest absolute Gasteiger partial charge is 0.356 e. The van der Waals surface area contributed by atoms with Crippen LogP contribution >= 0.6 is 11.6 Å². The van der Waals surface area contributed by atoms with Crippen LogP contribution in [0.4, 0.5) is 24.9 Å². The number of nitrogens with one attached hydrogen (secondary N) is 1. The molecule has 3 aromatic rings. The van der Waals surface area contributed by atoms with E-state index in [1.54, 1.807) is 10.7 Å². The number of aromatic nitrogens is 5. The van der Waals surface area contributed by atoms with E-state index in [-0.39, 0.29) is 11.6 Å². The Morgan fingerprint density at radius 2 is 1.77 bits per heavy atom. The molecule has 0 spiro atoms. The van der Waals surface area contributed by atoms with Crippen LogP contribution < -0.4 is 10.2 Å². The van der Waals surface area contributed by atoms with E-state index in [1.807, 2.05) is 0 Å². The van der Waals surface area contributed by atoms with E-state index in [2.05, 4.69) is 25.3 Å². The Bertz CT molecular complexity index is 1240. The third-order valence-corrected chi connectivity index (χ3v) is 7.84. The van der Waals surface area contributed by atoms with Crippen molar-refractivity contribution < 1.29 is 13.2 Å². The van der Waals surface area contributed by atoms with Gasteiger partial charge in [0.15, 0.2) is 17.5 Å². The molecule has 1 aromatic carbocycles. The van der Waals surface area contributed by atoms with E-state index in [4.69, 9.17) is 16.6 Å². The smallest absolute Gasteiger partial charge is 0.242 e. The Hall–Kier alpha value is -2.88. The minimum Gasteiger partial charge on any atom is -0.356 e. The van der Waals surface area contributed by atoms with Crippen LogP contribution in [0.25, 0.3) is 0 Å². The van der Waals surface area contributed by atoms with Gasteiger partial charge in [-0.3, -0.25) is 0 Å². The molecule has 2 bridgehead atoms. The van der Waals surface area contributed by atoms with Gasteiger partial charge in [0.2, 0.25) is 5.95 Å². The summed E-state index contributed by atoms with van der Waals surface area (Å²) in [6, 6.07) is 4.31. The Morgan fingerprint density at radius 3 is 2.54 bits per heavy atom. The van der Waals surface area contributed by atoms with E-state index in [0.717, 1.165) is 50.7 Å². The molecule has 35 heavy (non-hydrogen) atoms. The maximum absolute atomic E-state index is 14.7. The molecule has 4 heterocycles. The van der Waals surface area contributed by atoms with Crippen LogP contribution in [-0.2, 0) is 6.54 Å². The molecule has 0 radical (unpaired) electrons. The lowest BCUT2D eigenvalue weighted by Crippen LogP contribution is -2.48. The quantitative estimate of drug-likeness (QED) is 0.408. The van der Waals surface area contributed by atoms with Crippen LogP contribution in [0.2, 0.25) is 5.15 Å². The van der Waals surface area contributed by atoms with Crippen LogP contribution in [0.15, 0.2) is 24.5 Å². The van der Waals surface area contributed by atoms with Crippen molar-refractivity contribution in [2.75, 3.05) is 23.3 Å². The van der Waals surface area contributed by atoms with Crippen LogP contribution in [0, 0.1) is 29.3 Å². The van der Waals surface area contributed by atoms with Crippen LogP contribution in [0.5, 0.6) is 0 Å². The van der Waals surface area contributed by atoms with Crippen molar-refractivity contribution >= 4 is 23.4 Å². The molecule has 7 nitrogen and oxygen atoms in total. The molecule has 0 amide bonds. The molecule has 11 heteroatoms. The first-order chi connectivity index (χ1) is 17.0. The summed E-state index contributed by atoms with van der Waals surface area (Å²) in [5.41, 5.74) is 0.128. The molecule has 1 aliphatic carbocycles. The number of fused-ring (bicyclic) bond motifs is 3.